The van der Waals surface area contributed by atoms with Crippen molar-refractivity contribution < 1.29 is 9.50 Å². The fraction of sp³-hybridized carbons (Fsp3) is 0.185. The summed E-state index contributed by atoms with van der Waals surface area (Å²) in [5, 5.41) is 15.1. The van der Waals surface area contributed by atoms with E-state index in [1.165, 1.54) is 6.07 Å². The van der Waals surface area contributed by atoms with Gasteiger partial charge in [0.15, 0.2) is 5.11 Å². The van der Waals surface area contributed by atoms with E-state index < -0.39 is 0 Å². The summed E-state index contributed by atoms with van der Waals surface area (Å²) in [5.41, 5.74) is 5.65. The molecule has 35 heavy (non-hydrogen) atoms. The summed E-state index contributed by atoms with van der Waals surface area (Å²) in [6.45, 7) is 5.73. The number of halogens is 2. The molecule has 0 amide bonds. The first-order valence-corrected chi connectivity index (χ1v) is 12.0. The molecule has 0 spiro atoms. The molecule has 4 aromatic rings. The van der Waals surface area contributed by atoms with Crippen LogP contribution in [-0.4, -0.2) is 19.8 Å². The van der Waals surface area contributed by atoms with Crippen LogP contribution in [0.3, 0.4) is 0 Å². The van der Waals surface area contributed by atoms with Crippen LogP contribution in [-0.2, 0) is 0 Å². The normalized spacial score (nSPS) is 17.6. The van der Waals surface area contributed by atoms with Gasteiger partial charge in [0.1, 0.15) is 11.6 Å². The number of hydrogen-bond donors (Lipinski definition) is 2. The third kappa shape index (κ3) is 4.05. The average Bonchev–Trinajstić information content (AvgIpc) is 3.33. The first-order valence-electron chi connectivity index (χ1n) is 11.2. The van der Waals surface area contributed by atoms with Gasteiger partial charge in [-0.25, -0.2) is 4.39 Å². The molecular formula is C27H24ClFN4OS. The van der Waals surface area contributed by atoms with Crippen LogP contribution >= 0.6 is 23.8 Å². The quantitative estimate of drug-likeness (QED) is 0.310. The van der Waals surface area contributed by atoms with Crippen LogP contribution in [0.2, 0.25) is 5.02 Å². The third-order valence-electron chi connectivity index (χ3n) is 6.49. The number of aromatic hydroxyl groups is 1. The van der Waals surface area contributed by atoms with E-state index in [1.807, 2.05) is 41.5 Å². The number of aromatic nitrogens is 2. The fourth-order valence-electron chi connectivity index (χ4n) is 4.86. The van der Waals surface area contributed by atoms with E-state index in [0.29, 0.717) is 21.4 Å². The zero-order valence-corrected chi connectivity index (χ0v) is 21.0. The molecule has 0 aliphatic carbocycles. The van der Waals surface area contributed by atoms with Gasteiger partial charge in [0, 0.05) is 28.3 Å². The van der Waals surface area contributed by atoms with Crippen molar-refractivity contribution in [2.24, 2.45) is 0 Å². The zero-order valence-electron chi connectivity index (χ0n) is 19.5. The number of nitrogens with one attached hydrogen (secondary N) is 1. The second kappa shape index (κ2) is 8.98. The van der Waals surface area contributed by atoms with Gasteiger partial charge in [-0.15, -0.1) is 0 Å². The molecule has 0 saturated carbocycles. The van der Waals surface area contributed by atoms with Crippen LogP contribution in [0.1, 0.15) is 40.3 Å². The monoisotopic (exact) mass is 506 g/mol. The first-order chi connectivity index (χ1) is 16.8. The molecule has 1 fully saturated rings. The van der Waals surface area contributed by atoms with Crippen molar-refractivity contribution in [2.75, 3.05) is 4.90 Å². The largest absolute Gasteiger partial charge is 0.506 e. The van der Waals surface area contributed by atoms with Crippen molar-refractivity contribution in [2.45, 2.75) is 32.9 Å². The Bertz CT molecular complexity index is 1440. The molecule has 0 radical (unpaired) electrons. The predicted molar refractivity (Wildman–Crippen MR) is 141 cm³/mol. The number of anilines is 1. The standard InChI is InChI=1S/C27H24ClFN4OS/c1-15-12-19(8-9-21(15)29)33-26(25(31-27(33)35)22-6-4-5-11-30-22)20-13-16(2)32(17(20)3)23-14-18(28)7-10-24(23)34/h4-14,25-26,34H,1-3H3,(H,31,35)/t25-,26-/m1/s1. The molecule has 1 saturated heterocycles. The minimum Gasteiger partial charge on any atom is -0.506 e. The number of pyridine rings is 1. The SMILES string of the molecule is Cc1cc(N2C(=S)N[C@H](c3ccccn3)[C@H]2c2cc(C)n(-c3cc(Cl)ccc3O)c2C)ccc1F. The Morgan fingerprint density at radius 2 is 1.86 bits per heavy atom. The van der Waals surface area contributed by atoms with Gasteiger partial charge in [-0.1, -0.05) is 17.7 Å². The number of thiocarbonyl (C=S) groups is 1. The van der Waals surface area contributed by atoms with E-state index in [9.17, 15) is 9.50 Å². The summed E-state index contributed by atoms with van der Waals surface area (Å²) in [6.07, 6.45) is 1.76. The lowest BCUT2D eigenvalue weighted by Gasteiger charge is -2.28. The van der Waals surface area contributed by atoms with Gasteiger partial charge in [-0.3, -0.25) is 4.98 Å². The highest BCUT2D eigenvalue weighted by atomic mass is 35.5. The molecule has 8 heteroatoms. The van der Waals surface area contributed by atoms with Gasteiger partial charge in [0.25, 0.3) is 0 Å². The number of hydrogen-bond acceptors (Lipinski definition) is 3. The van der Waals surface area contributed by atoms with Gasteiger partial charge in [-0.05, 0) is 98.7 Å². The summed E-state index contributed by atoms with van der Waals surface area (Å²) in [6, 6.07) is 17.4. The minimum absolute atomic E-state index is 0.134. The summed E-state index contributed by atoms with van der Waals surface area (Å²) in [5.74, 6) is -0.130. The minimum atomic E-state index is -0.265. The molecule has 1 aliphatic rings. The number of rotatable bonds is 4. The lowest BCUT2D eigenvalue weighted by Crippen LogP contribution is -2.29. The first kappa shape index (κ1) is 23.3. The van der Waals surface area contributed by atoms with E-state index >= 15 is 0 Å². The summed E-state index contributed by atoms with van der Waals surface area (Å²) < 4.78 is 16.1. The van der Waals surface area contributed by atoms with Crippen molar-refractivity contribution in [1.29, 1.82) is 0 Å². The molecule has 0 bridgehead atoms. The van der Waals surface area contributed by atoms with Crippen molar-refractivity contribution >= 4 is 34.6 Å². The van der Waals surface area contributed by atoms with Crippen LogP contribution in [0.15, 0.2) is 66.9 Å². The van der Waals surface area contributed by atoms with E-state index in [1.54, 1.807) is 43.5 Å². The Kier molecular flexibility index (Phi) is 5.99. The summed E-state index contributed by atoms with van der Waals surface area (Å²) in [4.78, 5) is 6.62. The topological polar surface area (TPSA) is 53.3 Å². The van der Waals surface area contributed by atoms with E-state index in [2.05, 4.69) is 16.4 Å². The Morgan fingerprint density at radius 3 is 2.57 bits per heavy atom. The molecular weight excluding hydrogens is 483 g/mol. The number of nitrogens with zero attached hydrogens (tertiary/aromatic N) is 3. The average molecular weight is 507 g/mol. The smallest absolute Gasteiger partial charge is 0.174 e. The molecule has 5 rings (SSSR count). The highest BCUT2D eigenvalue weighted by molar-refractivity contribution is 7.80. The molecule has 178 valence electrons. The maximum Gasteiger partial charge on any atom is 0.174 e. The summed E-state index contributed by atoms with van der Waals surface area (Å²) >= 11 is 12.1. The molecule has 0 unspecified atom stereocenters. The number of phenolic OH excluding ortho intramolecular Hbond substituents is 1. The van der Waals surface area contributed by atoms with Crippen LogP contribution < -0.4 is 10.2 Å². The molecule has 1 aliphatic heterocycles. The number of phenols is 1. The van der Waals surface area contributed by atoms with Gasteiger partial charge < -0.3 is 19.9 Å². The molecule has 2 atom stereocenters. The molecule has 2 N–H and O–H groups in total. The van der Waals surface area contributed by atoms with Gasteiger partial charge in [0.2, 0.25) is 0 Å². The highest BCUT2D eigenvalue weighted by Gasteiger charge is 2.42. The zero-order chi connectivity index (χ0) is 24.9. The van der Waals surface area contributed by atoms with Crippen molar-refractivity contribution in [3.63, 3.8) is 0 Å². The van der Waals surface area contributed by atoms with Crippen molar-refractivity contribution in [3.05, 3.63) is 106 Å². The molecule has 2 aromatic heterocycles. The lowest BCUT2D eigenvalue weighted by molar-refractivity contribution is 0.471. The van der Waals surface area contributed by atoms with Crippen LogP contribution in [0.25, 0.3) is 5.69 Å². The number of aryl methyl sites for hydroxylation is 2. The molecule has 2 aromatic carbocycles. The maximum atomic E-state index is 14.1. The highest BCUT2D eigenvalue weighted by Crippen LogP contribution is 2.44. The fourth-order valence-corrected chi connectivity index (χ4v) is 5.37. The van der Waals surface area contributed by atoms with E-state index in [0.717, 1.165) is 28.3 Å². The van der Waals surface area contributed by atoms with E-state index in [-0.39, 0.29) is 23.7 Å². The van der Waals surface area contributed by atoms with Gasteiger partial charge in [0.05, 0.1) is 23.5 Å². The molecule has 5 nitrogen and oxygen atoms in total. The van der Waals surface area contributed by atoms with E-state index in [4.69, 9.17) is 23.8 Å². The number of benzene rings is 2. The van der Waals surface area contributed by atoms with Crippen LogP contribution in [0.4, 0.5) is 10.1 Å². The Balaban J connectivity index is 1.71. The van der Waals surface area contributed by atoms with Gasteiger partial charge in [-0.2, -0.15) is 0 Å². The summed E-state index contributed by atoms with van der Waals surface area (Å²) in [7, 11) is 0. The molecule has 3 heterocycles. The Labute approximate surface area is 213 Å². The van der Waals surface area contributed by atoms with Crippen molar-refractivity contribution in [1.82, 2.24) is 14.9 Å². The second-order valence-electron chi connectivity index (χ2n) is 8.73. The van der Waals surface area contributed by atoms with Gasteiger partial charge >= 0.3 is 0 Å². The van der Waals surface area contributed by atoms with Crippen LogP contribution in [0.5, 0.6) is 5.75 Å². The Morgan fingerprint density at radius 1 is 1.06 bits per heavy atom. The third-order valence-corrected chi connectivity index (χ3v) is 7.03. The predicted octanol–water partition coefficient (Wildman–Crippen LogP) is 6.47. The van der Waals surface area contributed by atoms with Crippen LogP contribution in [0, 0.1) is 26.6 Å². The maximum absolute atomic E-state index is 14.1. The second-order valence-corrected chi connectivity index (χ2v) is 9.55. The van der Waals surface area contributed by atoms with Crippen molar-refractivity contribution in [3.8, 4) is 11.4 Å². The lowest BCUT2D eigenvalue weighted by atomic mass is 9.96. The Hall–Kier alpha value is -3.42.